The molecule has 3 heterocycles. The lowest BCUT2D eigenvalue weighted by Crippen LogP contribution is -2.57. The van der Waals surface area contributed by atoms with Crippen LogP contribution in [0.25, 0.3) is 28.3 Å². The van der Waals surface area contributed by atoms with Crippen molar-refractivity contribution >= 4 is 17.5 Å². The van der Waals surface area contributed by atoms with Crippen molar-refractivity contribution in [2.24, 2.45) is 0 Å². The predicted molar refractivity (Wildman–Crippen MR) is 119 cm³/mol. The second-order valence-electron chi connectivity index (χ2n) is 7.55. The number of benzene rings is 2. The van der Waals surface area contributed by atoms with Gasteiger partial charge in [0.25, 0.3) is 5.78 Å². The largest absolute Gasteiger partial charge is 0.394 e. The Hall–Kier alpha value is -2.93. The monoisotopic (exact) mass is 467 g/mol. The standard InChI is InChI=1S/C22H21N5O5S/c28-11-14-17(29)18(30)19(31)20(32-14)33-22-25-24-21-23-15(12-7-3-1-4-8-12)16(26-27(21)22)13-9-5-2-6-10-13/h1-10,14,17-20,28-31H,11H2/t14-,17-,18+,19-,20+/m1/s1. The fourth-order valence-electron chi connectivity index (χ4n) is 3.65. The summed E-state index contributed by atoms with van der Waals surface area (Å²) in [7, 11) is 0. The van der Waals surface area contributed by atoms with Crippen LogP contribution in [0.4, 0.5) is 0 Å². The highest BCUT2D eigenvalue weighted by Gasteiger charge is 2.44. The number of hydrogen-bond acceptors (Lipinski definition) is 10. The van der Waals surface area contributed by atoms with E-state index in [1.807, 2.05) is 60.7 Å². The Bertz CT molecular complexity index is 1240. The number of rotatable bonds is 5. The van der Waals surface area contributed by atoms with Crippen molar-refractivity contribution in [1.29, 1.82) is 0 Å². The number of hydrogen-bond donors (Lipinski definition) is 4. The van der Waals surface area contributed by atoms with Gasteiger partial charge in [-0.1, -0.05) is 60.7 Å². The van der Waals surface area contributed by atoms with Gasteiger partial charge in [-0.3, -0.25) is 0 Å². The number of nitrogens with zero attached hydrogens (tertiary/aromatic N) is 5. The lowest BCUT2D eigenvalue weighted by Gasteiger charge is -2.39. The number of thioether (sulfide) groups is 1. The van der Waals surface area contributed by atoms with Crippen LogP contribution in [0, 0.1) is 0 Å². The van der Waals surface area contributed by atoms with Gasteiger partial charge < -0.3 is 25.2 Å². The molecule has 1 aliphatic rings. The zero-order valence-electron chi connectivity index (χ0n) is 17.2. The molecule has 2 aromatic heterocycles. The van der Waals surface area contributed by atoms with Crippen molar-refractivity contribution in [3.05, 3.63) is 60.7 Å². The summed E-state index contributed by atoms with van der Waals surface area (Å²) in [5.41, 5.74) is 1.97. The van der Waals surface area contributed by atoms with Crippen molar-refractivity contribution in [2.75, 3.05) is 6.61 Å². The summed E-state index contributed by atoms with van der Waals surface area (Å²) in [5.74, 6) is 0.251. The Labute approximate surface area is 192 Å². The molecule has 1 aliphatic heterocycles. The molecule has 0 aliphatic carbocycles. The summed E-state index contributed by atoms with van der Waals surface area (Å²) < 4.78 is 7.03. The van der Waals surface area contributed by atoms with Crippen LogP contribution in [0.3, 0.4) is 0 Å². The molecule has 0 bridgehead atoms. The molecule has 4 N–H and O–H groups in total. The molecule has 4 aromatic rings. The third kappa shape index (κ3) is 4.10. The Morgan fingerprint density at radius 1 is 0.818 bits per heavy atom. The quantitative estimate of drug-likeness (QED) is 0.331. The first-order valence-corrected chi connectivity index (χ1v) is 11.2. The van der Waals surface area contributed by atoms with E-state index in [-0.39, 0.29) is 10.9 Å². The van der Waals surface area contributed by atoms with Gasteiger partial charge in [-0.25, -0.2) is 4.98 Å². The summed E-state index contributed by atoms with van der Waals surface area (Å²) in [6.07, 6.45) is -5.35. The fourth-order valence-corrected chi connectivity index (χ4v) is 4.66. The number of aromatic nitrogens is 5. The normalized spacial score (nSPS) is 25.4. The Morgan fingerprint density at radius 3 is 2.09 bits per heavy atom. The third-order valence-corrected chi connectivity index (χ3v) is 6.48. The maximum Gasteiger partial charge on any atom is 0.273 e. The molecule has 5 rings (SSSR count). The number of ether oxygens (including phenoxy) is 1. The van der Waals surface area contributed by atoms with Crippen LogP contribution < -0.4 is 0 Å². The van der Waals surface area contributed by atoms with Crippen molar-refractivity contribution in [3.8, 4) is 22.5 Å². The van der Waals surface area contributed by atoms with Gasteiger partial charge in [-0.2, -0.15) is 9.61 Å². The molecule has 0 spiro atoms. The van der Waals surface area contributed by atoms with E-state index >= 15 is 0 Å². The van der Waals surface area contributed by atoms with Gasteiger partial charge in [0, 0.05) is 11.1 Å². The van der Waals surface area contributed by atoms with Crippen LogP contribution in [0.1, 0.15) is 0 Å². The molecule has 0 unspecified atom stereocenters. The molecule has 170 valence electrons. The third-order valence-electron chi connectivity index (χ3n) is 5.40. The average Bonchev–Trinajstić information content (AvgIpc) is 3.26. The molecule has 11 heteroatoms. The molecule has 0 amide bonds. The van der Waals surface area contributed by atoms with Crippen LogP contribution in [0.5, 0.6) is 0 Å². The fraction of sp³-hybridized carbons (Fsp3) is 0.273. The molecule has 2 aromatic carbocycles. The summed E-state index contributed by atoms with van der Waals surface area (Å²) in [4.78, 5) is 4.69. The molecule has 0 radical (unpaired) electrons. The first kappa shape index (κ1) is 21.9. The van der Waals surface area contributed by atoms with Crippen molar-refractivity contribution in [1.82, 2.24) is 24.8 Å². The predicted octanol–water partition coefficient (Wildman–Crippen LogP) is 0.745. The van der Waals surface area contributed by atoms with E-state index < -0.39 is 36.5 Å². The Balaban J connectivity index is 1.57. The van der Waals surface area contributed by atoms with Gasteiger partial charge in [-0.05, 0) is 11.8 Å². The maximum atomic E-state index is 10.4. The van der Waals surface area contributed by atoms with E-state index in [9.17, 15) is 20.4 Å². The molecule has 1 saturated heterocycles. The topological polar surface area (TPSA) is 146 Å². The van der Waals surface area contributed by atoms with E-state index in [2.05, 4.69) is 10.2 Å². The second-order valence-corrected chi connectivity index (χ2v) is 8.62. The summed E-state index contributed by atoms with van der Waals surface area (Å²) in [5, 5.41) is 53.2. The second kappa shape index (κ2) is 9.14. The van der Waals surface area contributed by atoms with Gasteiger partial charge in [0.15, 0.2) is 0 Å². The average molecular weight is 468 g/mol. The van der Waals surface area contributed by atoms with Crippen LogP contribution in [0.2, 0.25) is 0 Å². The highest BCUT2D eigenvalue weighted by molar-refractivity contribution is 7.99. The molecule has 33 heavy (non-hydrogen) atoms. The van der Waals surface area contributed by atoms with Gasteiger partial charge in [0.2, 0.25) is 5.16 Å². The minimum absolute atomic E-state index is 0.251. The zero-order chi connectivity index (χ0) is 22.9. The summed E-state index contributed by atoms with van der Waals surface area (Å²) >= 11 is 0.972. The van der Waals surface area contributed by atoms with E-state index in [4.69, 9.17) is 14.8 Å². The van der Waals surface area contributed by atoms with E-state index in [1.54, 1.807) is 0 Å². The Morgan fingerprint density at radius 2 is 1.45 bits per heavy atom. The van der Waals surface area contributed by atoms with Gasteiger partial charge in [-0.15, -0.1) is 10.2 Å². The van der Waals surface area contributed by atoms with Gasteiger partial charge in [0.1, 0.15) is 41.2 Å². The molecule has 10 nitrogen and oxygen atoms in total. The van der Waals surface area contributed by atoms with Crippen LogP contribution in [0.15, 0.2) is 65.8 Å². The maximum absolute atomic E-state index is 10.4. The summed E-state index contributed by atoms with van der Waals surface area (Å²) in [6.45, 7) is -0.513. The molecular weight excluding hydrogens is 446 g/mol. The number of aliphatic hydroxyl groups is 4. The van der Waals surface area contributed by atoms with Crippen LogP contribution >= 0.6 is 11.8 Å². The van der Waals surface area contributed by atoms with Gasteiger partial charge >= 0.3 is 0 Å². The lowest BCUT2D eigenvalue weighted by molar-refractivity contribution is -0.205. The minimum Gasteiger partial charge on any atom is -0.394 e. The molecule has 5 atom stereocenters. The zero-order valence-corrected chi connectivity index (χ0v) is 18.0. The SMILES string of the molecule is OC[C@H]1O[C@@H](Sc2nnc3nc(-c4ccccc4)c(-c4ccccc4)nn23)[C@H](O)[C@@H](O)[C@@H]1O. The molecular formula is C22H21N5O5S. The van der Waals surface area contributed by atoms with E-state index in [1.165, 1.54) is 4.52 Å². The first-order valence-electron chi connectivity index (χ1n) is 10.3. The smallest absolute Gasteiger partial charge is 0.273 e. The van der Waals surface area contributed by atoms with E-state index in [0.717, 1.165) is 22.9 Å². The van der Waals surface area contributed by atoms with Crippen LogP contribution in [-0.4, -0.2) is 81.7 Å². The van der Waals surface area contributed by atoms with Crippen LogP contribution in [-0.2, 0) is 4.74 Å². The van der Waals surface area contributed by atoms with E-state index in [0.29, 0.717) is 11.4 Å². The number of fused-ring (bicyclic) bond motifs is 1. The first-order chi connectivity index (χ1) is 16.1. The van der Waals surface area contributed by atoms with Crippen molar-refractivity contribution in [3.63, 3.8) is 0 Å². The highest BCUT2D eigenvalue weighted by Crippen LogP contribution is 2.34. The molecule has 0 saturated carbocycles. The van der Waals surface area contributed by atoms with Gasteiger partial charge in [0.05, 0.1) is 6.61 Å². The van der Waals surface area contributed by atoms with Crippen molar-refractivity contribution in [2.45, 2.75) is 35.0 Å². The minimum atomic E-state index is -1.48. The lowest BCUT2D eigenvalue weighted by atomic mass is 10.0. The van der Waals surface area contributed by atoms with Crippen molar-refractivity contribution < 1.29 is 25.2 Å². The Kier molecular flexibility index (Phi) is 6.06. The summed E-state index contributed by atoms with van der Waals surface area (Å²) in [6, 6.07) is 19.2. The molecule has 1 fully saturated rings. The highest BCUT2D eigenvalue weighted by atomic mass is 32.2. The number of aliphatic hydroxyl groups excluding tert-OH is 4.